The van der Waals surface area contributed by atoms with Crippen molar-refractivity contribution >= 4 is 46.4 Å². The largest absolute Gasteiger partial charge is 0.272 e. The lowest BCUT2D eigenvalue weighted by Crippen LogP contribution is -2.19. The molecule has 108 valence electrons. The van der Waals surface area contributed by atoms with Crippen molar-refractivity contribution in [1.29, 1.82) is 0 Å². The monoisotopic (exact) mass is 340 g/mol. The fourth-order valence-corrected chi connectivity index (χ4v) is 2.24. The van der Waals surface area contributed by atoms with Gasteiger partial charge in [0.15, 0.2) is 0 Å². The number of hydrogen-bond acceptors (Lipinski definition) is 2. The lowest BCUT2D eigenvalue weighted by molar-refractivity contribution is 0.0955. The van der Waals surface area contributed by atoms with E-state index in [4.69, 9.17) is 34.8 Å². The molecule has 0 heterocycles. The van der Waals surface area contributed by atoms with Crippen molar-refractivity contribution in [3.63, 3.8) is 0 Å². The Hall–Kier alpha value is -1.55. The molecule has 0 spiro atoms. The molecule has 0 fully saturated rings. The summed E-state index contributed by atoms with van der Waals surface area (Å²) < 4.78 is 0. The van der Waals surface area contributed by atoms with Crippen molar-refractivity contribution in [3.05, 3.63) is 68.7 Å². The second-order valence-corrected chi connectivity index (χ2v) is 5.55. The fourth-order valence-electron chi connectivity index (χ4n) is 1.62. The molecule has 0 unspecified atom stereocenters. The SMILES string of the molecule is CC(=NNC(=O)c1ccc(Cl)cc1Cl)c1ccc(Cl)cc1. The van der Waals surface area contributed by atoms with E-state index in [2.05, 4.69) is 10.5 Å². The summed E-state index contributed by atoms with van der Waals surface area (Å²) in [6.07, 6.45) is 0. The molecule has 0 aliphatic rings. The highest BCUT2D eigenvalue weighted by Crippen LogP contribution is 2.20. The fraction of sp³-hybridized carbons (Fsp3) is 0.0667. The third kappa shape index (κ3) is 4.21. The number of carbonyl (C=O) groups is 1. The number of nitrogens with zero attached hydrogens (tertiary/aromatic N) is 1. The van der Waals surface area contributed by atoms with E-state index < -0.39 is 5.91 Å². The normalized spacial score (nSPS) is 11.3. The molecule has 0 saturated carbocycles. The van der Waals surface area contributed by atoms with Crippen LogP contribution >= 0.6 is 34.8 Å². The summed E-state index contributed by atoms with van der Waals surface area (Å²) in [5.74, 6) is -0.398. The molecule has 2 rings (SSSR count). The van der Waals surface area contributed by atoms with Gasteiger partial charge in [0, 0.05) is 10.0 Å². The molecule has 6 heteroatoms. The van der Waals surface area contributed by atoms with Gasteiger partial charge in [-0.1, -0.05) is 46.9 Å². The zero-order chi connectivity index (χ0) is 15.4. The second kappa shape index (κ2) is 6.94. The smallest absolute Gasteiger partial charge is 0.267 e. The maximum atomic E-state index is 12.0. The first-order chi connectivity index (χ1) is 9.97. The molecule has 0 aromatic heterocycles. The average molecular weight is 342 g/mol. The van der Waals surface area contributed by atoms with Gasteiger partial charge in [0.2, 0.25) is 0 Å². The number of nitrogens with one attached hydrogen (secondary N) is 1. The first kappa shape index (κ1) is 15.8. The van der Waals surface area contributed by atoms with E-state index in [0.717, 1.165) is 5.56 Å². The summed E-state index contributed by atoms with van der Waals surface area (Å²) >= 11 is 17.6. The van der Waals surface area contributed by atoms with E-state index in [0.29, 0.717) is 21.3 Å². The van der Waals surface area contributed by atoms with Crippen molar-refractivity contribution < 1.29 is 4.79 Å². The van der Waals surface area contributed by atoms with Gasteiger partial charge in [-0.05, 0) is 42.8 Å². The van der Waals surface area contributed by atoms with Crippen LogP contribution in [-0.2, 0) is 0 Å². The second-order valence-electron chi connectivity index (χ2n) is 4.27. The number of carbonyl (C=O) groups excluding carboxylic acids is 1. The molecule has 2 aromatic rings. The maximum absolute atomic E-state index is 12.0. The van der Waals surface area contributed by atoms with Crippen molar-refractivity contribution in [2.24, 2.45) is 5.10 Å². The van der Waals surface area contributed by atoms with E-state index in [9.17, 15) is 4.79 Å². The minimum Gasteiger partial charge on any atom is -0.267 e. The van der Waals surface area contributed by atoms with Gasteiger partial charge in [-0.15, -0.1) is 0 Å². The van der Waals surface area contributed by atoms with Crippen LogP contribution in [0.1, 0.15) is 22.8 Å². The zero-order valence-corrected chi connectivity index (χ0v) is 13.3. The predicted octanol–water partition coefficient (Wildman–Crippen LogP) is 4.80. The highest BCUT2D eigenvalue weighted by atomic mass is 35.5. The van der Waals surface area contributed by atoms with Gasteiger partial charge in [0.1, 0.15) is 0 Å². The van der Waals surface area contributed by atoms with Gasteiger partial charge < -0.3 is 0 Å². The van der Waals surface area contributed by atoms with Crippen molar-refractivity contribution in [2.75, 3.05) is 0 Å². The molecule has 1 amide bonds. The summed E-state index contributed by atoms with van der Waals surface area (Å²) in [5, 5.41) is 5.44. The minimum absolute atomic E-state index is 0.277. The molecule has 0 aliphatic heterocycles. The highest BCUT2D eigenvalue weighted by Gasteiger charge is 2.10. The number of hydrogen-bond donors (Lipinski definition) is 1. The van der Waals surface area contributed by atoms with E-state index in [1.165, 1.54) is 6.07 Å². The predicted molar refractivity (Wildman–Crippen MR) is 87.6 cm³/mol. The number of amides is 1. The van der Waals surface area contributed by atoms with Crippen molar-refractivity contribution in [2.45, 2.75) is 6.92 Å². The van der Waals surface area contributed by atoms with Gasteiger partial charge >= 0.3 is 0 Å². The molecule has 1 N–H and O–H groups in total. The maximum Gasteiger partial charge on any atom is 0.272 e. The average Bonchev–Trinajstić information content (AvgIpc) is 2.45. The first-order valence-corrected chi connectivity index (χ1v) is 7.16. The first-order valence-electron chi connectivity index (χ1n) is 6.03. The zero-order valence-electron chi connectivity index (χ0n) is 11.0. The number of benzene rings is 2. The summed E-state index contributed by atoms with van der Waals surface area (Å²) in [4.78, 5) is 12.0. The molecule has 0 bridgehead atoms. The van der Waals surface area contributed by atoms with Crippen LogP contribution in [-0.4, -0.2) is 11.6 Å². The van der Waals surface area contributed by atoms with Crippen LogP contribution < -0.4 is 5.43 Å². The van der Waals surface area contributed by atoms with Crippen LogP contribution in [0.15, 0.2) is 47.6 Å². The third-order valence-corrected chi connectivity index (χ3v) is 3.56. The molecule has 3 nitrogen and oxygen atoms in total. The molecule has 2 aromatic carbocycles. The topological polar surface area (TPSA) is 41.5 Å². The molecule has 21 heavy (non-hydrogen) atoms. The standard InChI is InChI=1S/C15H11Cl3N2O/c1-9(10-2-4-11(16)5-3-10)19-20-15(21)13-7-6-12(17)8-14(13)18/h2-8H,1H3,(H,20,21). The van der Waals surface area contributed by atoms with E-state index in [1.807, 2.05) is 12.1 Å². The number of hydrazone groups is 1. The molecule has 0 saturated heterocycles. The Morgan fingerprint density at radius 1 is 1.00 bits per heavy atom. The molecule has 0 radical (unpaired) electrons. The highest BCUT2D eigenvalue weighted by molar-refractivity contribution is 6.36. The van der Waals surface area contributed by atoms with Crippen LogP contribution in [0.3, 0.4) is 0 Å². The Morgan fingerprint density at radius 3 is 2.24 bits per heavy atom. The minimum atomic E-state index is -0.398. The Balaban J connectivity index is 2.12. The molecular weight excluding hydrogens is 331 g/mol. The van der Waals surface area contributed by atoms with Gasteiger partial charge in [-0.3, -0.25) is 4.79 Å². The summed E-state index contributed by atoms with van der Waals surface area (Å²) in [7, 11) is 0. The van der Waals surface area contributed by atoms with E-state index in [-0.39, 0.29) is 5.02 Å². The van der Waals surface area contributed by atoms with Crippen LogP contribution in [0, 0.1) is 0 Å². The van der Waals surface area contributed by atoms with Gasteiger partial charge in [-0.25, -0.2) is 5.43 Å². The Morgan fingerprint density at radius 2 is 1.62 bits per heavy atom. The quantitative estimate of drug-likeness (QED) is 0.632. The third-order valence-electron chi connectivity index (χ3n) is 2.76. The van der Waals surface area contributed by atoms with Gasteiger partial charge in [0.05, 0.1) is 16.3 Å². The lowest BCUT2D eigenvalue weighted by atomic mass is 10.1. The van der Waals surface area contributed by atoms with Crippen LogP contribution in [0.5, 0.6) is 0 Å². The van der Waals surface area contributed by atoms with E-state index >= 15 is 0 Å². The summed E-state index contributed by atoms with van der Waals surface area (Å²) in [5.41, 5.74) is 4.29. The van der Waals surface area contributed by atoms with Gasteiger partial charge in [0.25, 0.3) is 5.91 Å². The van der Waals surface area contributed by atoms with Gasteiger partial charge in [-0.2, -0.15) is 5.10 Å². The van der Waals surface area contributed by atoms with Crippen molar-refractivity contribution in [3.8, 4) is 0 Å². The summed E-state index contributed by atoms with van der Waals surface area (Å²) in [6.45, 7) is 1.78. The van der Waals surface area contributed by atoms with Crippen LogP contribution in [0.4, 0.5) is 0 Å². The molecule has 0 atom stereocenters. The van der Waals surface area contributed by atoms with E-state index in [1.54, 1.807) is 31.2 Å². The lowest BCUT2D eigenvalue weighted by Gasteiger charge is -2.05. The van der Waals surface area contributed by atoms with Crippen molar-refractivity contribution in [1.82, 2.24) is 5.43 Å². The Bertz CT molecular complexity index is 697. The Labute approximate surface area is 137 Å². The van der Waals surface area contributed by atoms with Crippen LogP contribution in [0.25, 0.3) is 0 Å². The molecule has 0 aliphatic carbocycles. The molecular formula is C15H11Cl3N2O. The van der Waals surface area contributed by atoms with Crippen LogP contribution in [0.2, 0.25) is 15.1 Å². The number of rotatable bonds is 3. The number of halogens is 3. The summed E-state index contributed by atoms with van der Waals surface area (Å²) in [6, 6.07) is 11.8. The Kier molecular flexibility index (Phi) is 5.23.